The van der Waals surface area contributed by atoms with Crippen LogP contribution in [0.1, 0.15) is 30.3 Å². The third-order valence-electron chi connectivity index (χ3n) is 2.83. The van der Waals surface area contributed by atoms with E-state index in [0.29, 0.717) is 6.61 Å². The molecule has 2 rings (SSSR count). The molecule has 0 spiro atoms. The highest BCUT2D eigenvalue weighted by atomic mass is 16.5. The Kier molecular flexibility index (Phi) is 3.58. The summed E-state index contributed by atoms with van der Waals surface area (Å²) in [5.41, 5.74) is 0.0763. The third kappa shape index (κ3) is 2.74. The molecule has 1 aromatic rings. The van der Waals surface area contributed by atoms with Gasteiger partial charge >= 0.3 is 0 Å². The lowest BCUT2D eigenvalue weighted by Gasteiger charge is -2.35. The number of aromatic nitrogens is 1. The van der Waals surface area contributed by atoms with Gasteiger partial charge in [0.2, 0.25) is 0 Å². The van der Waals surface area contributed by atoms with Crippen LogP contribution < -0.4 is 5.32 Å². The van der Waals surface area contributed by atoms with Gasteiger partial charge in [-0.15, -0.1) is 0 Å². The van der Waals surface area contributed by atoms with Crippen molar-refractivity contribution >= 4 is 5.91 Å². The third-order valence-corrected chi connectivity index (χ3v) is 2.83. The van der Waals surface area contributed by atoms with Crippen molar-refractivity contribution in [1.29, 1.82) is 0 Å². The van der Waals surface area contributed by atoms with Gasteiger partial charge in [-0.2, -0.15) is 0 Å². The predicted octanol–water partition coefficient (Wildman–Crippen LogP) is 1.08. The minimum Gasteiger partial charge on any atom is -0.505 e. The van der Waals surface area contributed by atoms with Crippen LogP contribution in [-0.4, -0.2) is 34.8 Å². The van der Waals surface area contributed by atoms with Crippen molar-refractivity contribution in [2.75, 3.05) is 6.61 Å². The molecule has 92 valence electrons. The molecule has 0 radical (unpaired) electrons. The zero-order valence-corrected chi connectivity index (χ0v) is 9.72. The van der Waals surface area contributed by atoms with Gasteiger partial charge in [-0.1, -0.05) is 0 Å². The number of carbonyl (C=O) groups excluding carboxylic acids is 1. The highest BCUT2D eigenvalue weighted by Gasteiger charge is 2.31. The van der Waals surface area contributed by atoms with Crippen molar-refractivity contribution in [2.24, 2.45) is 0 Å². The molecule has 0 aliphatic heterocycles. The Hall–Kier alpha value is -1.62. The molecule has 1 fully saturated rings. The second-order valence-corrected chi connectivity index (χ2v) is 4.09. The van der Waals surface area contributed by atoms with Crippen molar-refractivity contribution < 1.29 is 14.6 Å². The van der Waals surface area contributed by atoms with Crippen LogP contribution in [0.3, 0.4) is 0 Å². The summed E-state index contributed by atoms with van der Waals surface area (Å²) < 4.78 is 5.40. The topological polar surface area (TPSA) is 71.5 Å². The number of hydrogen-bond acceptors (Lipinski definition) is 4. The number of nitrogens with one attached hydrogen (secondary N) is 1. The smallest absolute Gasteiger partial charge is 0.273 e. The molecule has 2 N–H and O–H groups in total. The van der Waals surface area contributed by atoms with Crippen molar-refractivity contribution in [3.63, 3.8) is 0 Å². The Morgan fingerprint density at radius 3 is 3.06 bits per heavy atom. The molecule has 1 aliphatic carbocycles. The summed E-state index contributed by atoms with van der Waals surface area (Å²) in [6.45, 7) is 2.66. The first-order valence-corrected chi connectivity index (χ1v) is 5.77. The van der Waals surface area contributed by atoms with Gasteiger partial charge in [-0.25, -0.2) is 4.98 Å². The van der Waals surface area contributed by atoms with E-state index in [9.17, 15) is 9.90 Å². The number of amides is 1. The number of hydrogen-bond donors (Lipinski definition) is 2. The normalized spacial score (nSPS) is 22.9. The molecule has 5 heteroatoms. The van der Waals surface area contributed by atoms with Gasteiger partial charge in [0.1, 0.15) is 5.75 Å². The molecule has 0 aromatic carbocycles. The van der Waals surface area contributed by atoms with Crippen LogP contribution in [0.5, 0.6) is 5.75 Å². The molecule has 17 heavy (non-hydrogen) atoms. The zero-order valence-electron chi connectivity index (χ0n) is 9.72. The maximum atomic E-state index is 11.8. The van der Waals surface area contributed by atoms with E-state index in [1.54, 1.807) is 6.07 Å². The lowest BCUT2D eigenvalue weighted by atomic mass is 9.89. The first kappa shape index (κ1) is 11.9. The first-order valence-electron chi connectivity index (χ1n) is 5.77. The Labute approximate surface area is 99.8 Å². The molecule has 0 saturated heterocycles. The molecule has 0 atom stereocenters. The molecule has 0 bridgehead atoms. The van der Waals surface area contributed by atoms with Crippen molar-refractivity contribution in [2.45, 2.75) is 31.9 Å². The van der Waals surface area contributed by atoms with E-state index in [2.05, 4.69) is 10.3 Å². The van der Waals surface area contributed by atoms with E-state index >= 15 is 0 Å². The molecular formula is C12H16N2O3. The van der Waals surface area contributed by atoms with Gasteiger partial charge < -0.3 is 15.2 Å². The molecule has 1 saturated carbocycles. The Morgan fingerprint density at radius 1 is 1.65 bits per heavy atom. The predicted molar refractivity (Wildman–Crippen MR) is 61.8 cm³/mol. The highest BCUT2D eigenvalue weighted by Crippen LogP contribution is 2.24. The standard InChI is InChI=1S/C12H16N2O3/c1-2-17-9-6-8(7-9)14-12(16)11-10(15)4-3-5-13-11/h3-5,8-9,15H,2,6-7H2,1H3,(H,14,16). The number of rotatable bonds is 4. The van der Waals surface area contributed by atoms with Crippen LogP contribution in [0.15, 0.2) is 18.3 Å². The number of aromatic hydroxyl groups is 1. The molecule has 1 amide bonds. The minimum atomic E-state index is -0.331. The Balaban J connectivity index is 1.85. The second-order valence-electron chi connectivity index (χ2n) is 4.09. The minimum absolute atomic E-state index is 0.0763. The average Bonchev–Trinajstić information content (AvgIpc) is 2.26. The van der Waals surface area contributed by atoms with Crippen molar-refractivity contribution in [3.8, 4) is 5.75 Å². The van der Waals surface area contributed by atoms with E-state index in [-0.39, 0.29) is 29.5 Å². The zero-order chi connectivity index (χ0) is 12.3. The largest absolute Gasteiger partial charge is 0.505 e. The maximum Gasteiger partial charge on any atom is 0.273 e. The summed E-state index contributed by atoms with van der Waals surface area (Å²) in [6, 6.07) is 3.16. The monoisotopic (exact) mass is 236 g/mol. The lowest BCUT2D eigenvalue weighted by Crippen LogP contribution is -2.48. The molecule has 1 heterocycles. The Morgan fingerprint density at radius 2 is 2.41 bits per heavy atom. The van der Waals surface area contributed by atoms with Gasteiger partial charge in [-0.05, 0) is 31.9 Å². The molecule has 0 unspecified atom stereocenters. The van der Waals surface area contributed by atoms with Crippen LogP contribution in [-0.2, 0) is 4.74 Å². The van der Waals surface area contributed by atoms with Crippen molar-refractivity contribution in [3.05, 3.63) is 24.0 Å². The first-order chi connectivity index (χ1) is 8.20. The van der Waals surface area contributed by atoms with Crippen LogP contribution in [0.25, 0.3) is 0 Å². The van der Waals surface area contributed by atoms with E-state index in [1.165, 1.54) is 12.3 Å². The second kappa shape index (κ2) is 5.14. The lowest BCUT2D eigenvalue weighted by molar-refractivity contribution is -0.00868. The molecule has 1 aliphatic rings. The summed E-state index contributed by atoms with van der Waals surface area (Å²) >= 11 is 0. The number of carbonyl (C=O) groups is 1. The fourth-order valence-electron chi connectivity index (χ4n) is 1.88. The number of pyridine rings is 1. The van der Waals surface area contributed by atoms with E-state index in [0.717, 1.165) is 12.8 Å². The quantitative estimate of drug-likeness (QED) is 0.820. The van der Waals surface area contributed by atoms with Crippen LogP contribution in [0, 0.1) is 0 Å². The van der Waals surface area contributed by atoms with E-state index in [4.69, 9.17) is 4.74 Å². The van der Waals surface area contributed by atoms with Crippen molar-refractivity contribution in [1.82, 2.24) is 10.3 Å². The van der Waals surface area contributed by atoms with Crippen LogP contribution in [0.2, 0.25) is 0 Å². The van der Waals surface area contributed by atoms with Gasteiger partial charge in [0.15, 0.2) is 5.69 Å². The molecule has 1 aromatic heterocycles. The summed E-state index contributed by atoms with van der Waals surface area (Å²) in [5, 5.41) is 12.3. The van der Waals surface area contributed by atoms with Gasteiger partial charge in [0, 0.05) is 18.8 Å². The Bertz CT molecular complexity index is 402. The summed E-state index contributed by atoms with van der Waals surface area (Å²) in [4.78, 5) is 15.6. The summed E-state index contributed by atoms with van der Waals surface area (Å²) in [5.74, 6) is -0.422. The average molecular weight is 236 g/mol. The number of nitrogens with zero attached hydrogens (tertiary/aromatic N) is 1. The SMILES string of the molecule is CCOC1CC(NC(=O)c2ncccc2O)C1. The fraction of sp³-hybridized carbons (Fsp3) is 0.500. The van der Waals surface area contributed by atoms with E-state index in [1.807, 2.05) is 6.92 Å². The maximum absolute atomic E-state index is 11.8. The van der Waals surface area contributed by atoms with Crippen LogP contribution in [0.4, 0.5) is 0 Å². The highest BCUT2D eigenvalue weighted by molar-refractivity contribution is 5.94. The molecular weight excluding hydrogens is 220 g/mol. The molecule has 5 nitrogen and oxygen atoms in total. The van der Waals surface area contributed by atoms with Gasteiger partial charge in [0.25, 0.3) is 5.91 Å². The fourth-order valence-corrected chi connectivity index (χ4v) is 1.88. The van der Waals surface area contributed by atoms with Gasteiger partial charge in [-0.3, -0.25) is 4.79 Å². The summed E-state index contributed by atoms with van der Waals surface area (Å²) in [7, 11) is 0. The number of ether oxygens (including phenoxy) is 1. The van der Waals surface area contributed by atoms with Gasteiger partial charge in [0.05, 0.1) is 6.10 Å². The van der Waals surface area contributed by atoms with E-state index < -0.39 is 0 Å². The van der Waals surface area contributed by atoms with Crippen LogP contribution >= 0.6 is 0 Å². The summed E-state index contributed by atoms with van der Waals surface area (Å²) in [6.07, 6.45) is 3.39.